The molecule has 0 bridgehead atoms. The summed E-state index contributed by atoms with van der Waals surface area (Å²) in [6.07, 6.45) is 1.42. The summed E-state index contributed by atoms with van der Waals surface area (Å²) in [7, 11) is 0. The van der Waals surface area contributed by atoms with E-state index in [4.69, 9.17) is 10.5 Å². The van der Waals surface area contributed by atoms with Crippen LogP contribution in [0.1, 0.15) is 17.7 Å². The fourth-order valence-corrected chi connectivity index (χ4v) is 3.52. The number of amides is 1. The van der Waals surface area contributed by atoms with Crippen molar-refractivity contribution in [3.63, 3.8) is 0 Å². The van der Waals surface area contributed by atoms with Gasteiger partial charge >= 0.3 is 0 Å². The first-order valence-electron chi connectivity index (χ1n) is 5.96. The molecule has 1 aromatic heterocycles. The van der Waals surface area contributed by atoms with Crippen LogP contribution in [0, 0.1) is 5.41 Å². The topological polar surface area (TPSA) is 64.4 Å². The average Bonchev–Trinajstić information content (AvgIpc) is 2.82. The second-order valence-electron chi connectivity index (χ2n) is 4.47. The van der Waals surface area contributed by atoms with Crippen LogP contribution in [0.15, 0.2) is 15.9 Å². The summed E-state index contributed by atoms with van der Waals surface area (Å²) in [5.74, 6) is 0.0496. The number of nitrogens with two attached hydrogens (primary N) is 1. The van der Waals surface area contributed by atoms with E-state index < -0.39 is 5.41 Å². The van der Waals surface area contributed by atoms with Crippen molar-refractivity contribution in [3.05, 3.63) is 20.8 Å². The highest BCUT2D eigenvalue weighted by atomic mass is 79.9. The van der Waals surface area contributed by atoms with Gasteiger partial charge in [-0.3, -0.25) is 4.79 Å². The number of thiophene rings is 1. The van der Waals surface area contributed by atoms with Crippen LogP contribution in [0.2, 0.25) is 0 Å². The number of halogens is 2. The van der Waals surface area contributed by atoms with Crippen LogP contribution in [-0.2, 0) is 16.1 Å². The van der Waals surface area contributed by atoms with E-state index >= 15 is 0 Å². The van der Waals surface area contributed by atoms with Gasteiger partial charge in [0.1, 0.15) is 0 Å². The summed E-state index contributed by atoms with van der Waals surface area (Å²) in [5.41, 5.74) is 5.35. The lowest BCUT2D eigenvalue weighted by molar-refractivity contribution is -0.136. The lowest BCUT2D eigenvalue weighted by atomic mass is 9.79. The normalized spacial score (nSPS) is 17.6. The molecule has 0 radical (unpaired) electrons. The standard InChI is InChI=1S/C12H17BrN2O2S.ClH/c13-9-1-6-18-10(9)7-15-11(16)12(8-14)2-4-17-5-3-12;/h1,6H,2-5,7-8,14H2,(H,15,16);1H. The maximum absolute atomic E-state index is 12.3. The molecule has 1 aliphatic heterocycles. The number of rotatable bonds is 4. The molecule has 2 rings (SSSR count). The van der Waals surface area contributed by atoms with E-state index in [1.807, 2.05) is 11.4 Å². The van der Waals surface area contributed by atoms with Crippen LogP contribution in [-0.4, -0.2) is 25.7 Å². The van der Waals surface area contributed by atoms with Crippen molar-refractivity contribution in [2.24, 2.45) is 11.1 Å². The molecule has 0 atom stereocenters. The van der Waals surface area contributed by atoms with Crippen LogP contribution in [0.4, 0.5) is 0 Å². The zero-order valence-electron chi connectivity index (χ0n) is 10.5. The predicted molar refractivity (Wildman–Crippen MR) is 82.7 cm³/mol. The van der Waals surface area contributed by atoms with Crippen LogP contribution in [0.5, 0.6) is 0 Å². The Bertz CT molecular complexity index is 422. The molecule has 0 spiro atoms. The molecule has 1 saturated heterocycles. The van der Waals surface area contributed by atoms with Crippen LogP contribution >= 0.6 is 39.7 Å². The van der Waals surface area contributed by atoms with Crippen LogP contribution < -0.4 is 11.1 Å². The van der Waals surface area contributed by atoms with E-state index in [-0.39, 0.29) is 18.3 Å². The molecule has 3 N–H and O–H groups in total. The molecule has 0 aromatic carbocycles. The minimum Gasteiger partial charge on any atom is -0.381 e. The molecular weight excluding hydrogens is 352 g/mol. The van der Waals surface area contributed by atoms with Crippen molar-refractivity contribution in [2.75, 3.05) is 19.8 Å². The van der Waals surface area contributed by atoms with Crippen molar-refractivity contribution in [3.8, 4) is 0 Å². The van der Waals surface area contributed by atoms with E-state index in [1.54, 1.807) is 11.3 Å². The molecule has 1 fully saturated rings. The Morgan fingerprint density at radius 2 is 2.21 bits per heavy atom. The summed E-state index contributed by atoms with van der Waals surface area (Å²) >= 11 is 5.08. The van der Waals surface area contributed by atoms with Gasteiger partial charge in [-0.2, -0.15) is 0 Å². The molecule has 108 valence electrons. The lowest BCUT2D eigenvalue weighted by Crippen LogP contribution is -2.48. The second-order valence-corrected chi connectivity index (χ2v) is 6.33. The van der Waals surface area contributed by atoms with Crippen molar-refractivity contribution >= 4 is 45.6 Å². The van der Waals surface area contributed by atoms with Gasteiger partial charge in [0.15, 0.2) is 0 Å². The van der Waals surface area contributed by atoms with E-state index in [2.05, 4.69) is 21.2 Å². The second kappa shape index (κ2) is 7.59. The smallest absolute Gasteiger partial charge is 0.227 e. The van der Waals surface area contributed by atoms with Crippen molar-refractivity contribution in [2.45, 2.75) is 19.4 Å². The lowest BCUT2D eigenvalue weighted by Gasteiger charge is -2.34. The van der Waals surface area contributed by atoms with Gasteiger partial charge in [0.25, 0.3) is 0 Å². The third kappa shape index (κ3) is 3.92. The third-order valence-electron chi connectivity index (χ3n) is 3.42. The minimum atomic E-state index is -0.442. The molecule has 2 heterocycles. The Balaban J connectivity index is 0.00000180. The molecule has 1 amide bonds. The van der Waals surface area contributed by atoms with Gasteiger partial charge in [-0.15, -0.1) is 23.7 Å². The maximum Gasteiger partial charge on any atom is 0.227 e. The summed E-state index contributed by atoms with van der Waals surface area (Å²) in [5, 5.41) is 4.99. The van der Waals surface area contributed by atoms with Crippen LogP contribution in [0.3, 0.4) is 0 Å². The quantitative estimate of drug-likeness (QED) is 0.856. The first-order chi connectivity index (χ1) is 8.68. The first kappa shape index (κ1) is 16.9. The first-order valence-corrected chi connectivity index (χ1v) is 7.63. The highest BCUT2D eigenvalue weighted by Crippen LogP contribution is 2.30. The summed E-state index contributed by atoms with van der Waals surface area (Å²) in [6, 6.07) is 1.99. The fraction of sp³-hybridized carbons (Fsp3) is 0.583. The Hall–Kier alpha value is -0.140. The molecule has 1 aliphatic rings. The van der Waals surface area contributed by atoms with E-state index in [0.717, 1.165) is 9.35 Å². The summed E-state index contributed by atoms with van der Waals surface area (Å²) in [4.78, 5) is 13.4. The van der Waals surface area contributed by atoms with Crippen LogP contribution in [0.25, 0.3) is 0 Å². The number of ether oxygens (including phenoxy) is 1. The van der Waals surface area contributed by atoms with E-state index in [9.17, 15) is 4.79 Å². The van der Waals surface area contributed by atoms with Gasteiger partial charge in [0, 0.05) is 29.1 Å². The summed E-state index contributed by atoms with van der Waals surface area (Å²) in [6.45, 7) is 2.17. The van der Waals surface area contributed by atoms with Crippen molar-refractivity contribution in [1.29, 1.82) is 0 Å². The number of carbonyl (C=O) groups is 1. The largest absolute Gasteiger partial charge is 0.381 e. The van der Waals surface area contributed by atoms with E-state index in [1.165, 1.54) is 0 Å². The monoisotopic (exact) mass is 368 g/mol. The zero-order chi connectivity index (χ0) is 13.0. The SMILES string of the molecule is Cl.NCC1(C(=O)NCc2sccc2Br)CCOCC1. The Kier molecular flexibility index (Phi) is 6.76. The molecule has 19 heavy (non-hydrogen) atoms. The van der Waals surface area contributed by atoms with Crippen molar-refractivity contribution in [1.82, 2.24) is 5.32 Å². The summed E-state index contributed by atoms with van der Waals surface area (Å²) < 4.78 is 6.35. The van der Waals surface area contributed by atoms with Gasteiger partial charge in [0.05, 0.1) is 12.0 Å². The molecule has 0 aliphatic carbocycles. The number of carbonyl (C=O) groups excluding carboxylic acids is 1. The fourth-order valence-electron chi connectivity index (χ4n) is 2.09. The Labute approximate surface area is 131 Å². The molecule has 0 unspecified atom stereocenters. The average molecular weight is 370 g/mol. The molecule has 7 heteroatoms. The van der Waals surface area contributed by atoms with Gasteiger partial charge in [-0.1, -0.05) is 0 Å². The van der Waals surface area contributed by atoms with E-state index in [0.29, 0.717) is 39.1 Å². The zero-order valence-corrected chi connectivity index (χ0v) is 13.7. The highest BCUT2D eigenvalue weighted by Gasteiger charge is 2.38. The maximum atomic E-state index is 12.3. The van der Waals surface area contributed by atoms with Gasteiger partial charge in [0.2, 0.25) is 5.91 Å². The van der Waals surface area contributed by atoms with Gasteiger partial charge < -0.3 is 15.8 Å². The third-order valence-corrected chi connectivity index (χ3v) is 5.35. The van der Waals surface area contributed by atoms with Gasteiger partial charge in [-0.25, -0.2) is 0 Å². The molecule has 1 aromatic rings. The molecule has 0 saturated carbocycles. The molecular formula is C12H18BrClN2O2S. The Morgan fingerprint density at radius 1 is 1.53 bits per heavy atom. The Morgan fingerprint density at radius 3 is 2.74 bits per heavy atom. The highest BCUT2D eigenvalue weighted by molar-refractivity contribution is 9.10. The predicted octanol–water partition coefficient (Wildman–Crippen LogP) is 2.30. The number of hydrogen-bond acceptors (Lipinski definition) is 4. The van der Waals surface area contributed by atoms with Gasteiger partial charge in [-0.05, 0) is 40.2 Å². The number of hydrogen-bond donors (Lipinski definition) is 2. The van der Waals surface area contributed by atoms with Crippen molar-refractivity contribution < 1.29 is 9.53 Å². The minimum absolute atomic E-state index is 0. The number of nitrogens with one attached hydrogen (secondary N) is 1. The molecule has 4 nitrogen and oxygen atoms in total.